The average Bonchev–Trinajstić information content (AvgIpc) is 3.55. The van der Waals surface area contributed by atoms with Gasteiger partial charge >= 0.3 is 5.97 Å². The lowest BCUT2D eigenvalue weighted by Crippen LogP contribution is -2.38. The van der Waals surface area contributed by atoms with Crippen LogP contribution in [0, 0.1) is 0 Å². The van der Waals surface area contributed by atoms with Gasteiger partial charge in [0.25, 0.3) is 0 Å². The third-order valence-corrected chi connectivity index (χ3v) is 12.3. The van der Waals surface area contributed by atoms with Gasteiger partial charge in [0.2, 0.25) is 10.0 Å². The van der Waals surface area contributed by atoms with Crippen molar-refractivity contribution in [1.29, 1.82) is 0 Å². The Balaban J connectivity index is 1.40. The maximum absolute atomic E-state index is 14.4. The minimum atomic E-state index is -4.07. The molecule has 1 aliphatic heterocycles. The maximum atomic E-state index is 14.4. The number of sulfonamides is 1. The molecule has 5 aromatic rings. The predicted molar refractivity (Wildman–Crippen MR) is 191 cm³/mol. The van der Waals surface area contributed by atoms with Crippen LogP contribution in [0.2, 0.25) is 0 Å². The van der Waals surface area contributed by atoms with Crippen LogP contribution in [0.4, 0.5) is 5.69 Å². The highest BCUT2D eigenvalue weighted by atomic mass is 32.2. The molecule has 0 aliphatic carbocycles. The number of nitrogens with zero attached hydrogens (tertiary/aromatic N) is 1. The van der Waals surface area contributed by atoms with Gasteiger partial charge in [0, 0.05) is 23.5 Å². The first kappa shape index (κ1) is 33.5. The second-order valence-corrected chi connectivity index (χ2v) is 15.1. The van der Waals surface area contributed by atoms with Crippen LogP contribution in [-0.4, -0.2) is 50.2 Å². The molecular weight excluding hydrogens is 641 g/mol. The maximum Gasteiger partial charge on any atom is 0.339 e. The third kappa shape index (κ3) is 6.91. The standard InChI is InChI=1S/C39H38N2O5S2/c1-45-38(42)36-25-35(22-23-37(36)40)48(43,44)41-26-34(24-33(41)28-46-27-29-14-6-2-7-15-29)47-39(30-16-8-3-9-17-30,31-18-10-4-11-19-31)32-20-12-5-13-21-32/h2-23,25,33-34H,24,26-28,40H2,1H3. The summed E-state index contributed by atoms with van der Waals surface area (Å²) in [5.74, 6) is -0.694. The highest BCUT2D eigenvalue weighted by Crippen LogP contribution is 2.52. The van der Waals surface area contributed by atoms with Crippen molar-refractivity contribution in [2.75, 3.05) is 26.0 Å². The number of esters is 1. The zero-order valence-corrected chi connectivity index (χ0v) is 28.3. The van der Waals surface area contributed by atoms with Crippen molar-refractivity contribution in [3.63, 3.8) is 0 Å². The van der Waals surface area contributed by atoms with Crippen molar-refractivity contribution in [3.05, 3.63) is 167 Å². The van der Waals surface area contributed by atoms with Crippen molar-refractivity contribution in [3.8, 4) is 0 Å². The Kier molecular flexibility index (Phi) is 10.3. The summed E-state index contributed by atoms with van der Waals surface area (Å²) in [6.07, 6.45) is 0.561. The van der Waals surface area contributed by atoms with E-state index in [1.807, 2.05) is 84.9 Å². The summed E-state index contributed by atoms with van der Waals surface area (Å²) >= 11 is 1.77. The molecule has 1 saturated heterocycles. The number of carbonyl (C=O) groups is 1. The monoisotopic (exact) mass is 678 g/mol. The second-order valence-electron chi connectivity index (χ2n) is 11.7. The largest absolute Gasteiger partial charge is 0.465 e. The van der Waals surface area contributed by atoms with Gasteiger partial charge in [0.05, 0.1) is 35.5 Å². The van der Waals surface area contributed by atoms with E-state index < -0.39 is 26.8 Å². The van der Waals surface area contributed by atoms with E-state index >= 15 is 0 Å². The summed E-state index contributed by atoms with van der Waals surface area (Å²) in [4.78, 5) is 12.4. The van der Waals surface area contributed by atoms with Crippen molar-refractivity contribution in [1.82, 2.24) is 4.31 Å². The van der Waals surface area contributed by atoms with Crippen LogP contribution < -0.4 is 5.73 Å². The van der Waals surface area contributed by atoms with Crippen LogP contribution in [-0.2, 0) is 30.9 Å². The molecule has 1 aliphatic rings. The fraction of sp³-hybridized carbons (Fsp3) is 0.205. The molecule has 0 aromatic heterocycles. The first-order chi connectivity index (χ1) is 23.3. The Morgan fingerprint density at radius 2 is 1.33 bits per heavy atom. The zero-order chi connectivity index (χ0) is 33.6. The van der Waals surface area contributed by atoms with Gasteiger partial charge in [-0.2, -0.15) is 4.31 Å². The molecule has 1 fully saturated rings. The summed E-state index contributed by atoms with van der Waals surface area (Å²) in [7, 11) is -2.83. The number of benzene rings is 5. The van der Waals surface area contributed by atoms with E-state index in [9.17, 15) is 13.2 Å². The molecule has 6 rings (SSSR count). The summed E-state index contributed by atoms with van der Waals surface area (Å²) in [5.41, 5.74) is 10.5. The molecule has 9 heteroatoms. The molecule has 0 spiro atoms. The Labute approximate surface area is 286 Å². The van der Waals surface area contributed by atoms with Crippen LogP contribution in [0.15, 0.2) is 144 Å². The Hall–Kier alpha value is -4.41. The topological polar surface area (TPSA) is 98.9 Å². The van der Waals surface area contributed by atoms with Gasteiger partial charge in [-0.05, 0) is 46.9 Å². The number of hydrogen-bond donors (Lipinski definition) is 1. The summed E-state index contributed by atoms with van der Waals surface area (Å²) in [5, 5.41) is -0.112. The van der Waals surface area contributed by atoms with Crippen LogP contribution in [0.3, 0.4) is 0 Å². The van der Waals surface area contributed by atoms with E-state index in [2.05, 4.69) is 36.4 Å². The normalized spacial score (nSPS) is 16.9. The quantitative estimate of drug-likeness (QED) is 0.0852. The molecule has 0 radical (unpaired) electrons. The molecular formula is C39H38N2O5S2. The molecule has 2 unspecified atom stereocenters. The first-order valence-electron chi connectivity index (χ1n) is 15.8. The number of hydrogen-bond acceptors (Lipinski definition) is 7. The minimum absolute atomic E-state index is 0.0109. The number of carbonyl (C=O) groups excluding carboxylic acids is 1. The lowest BCUT2D eigenvalue weighted by atomic mass is 9.84. The lowest BCUT2D eigenvalue weighted by molar-refractivity contribution is 0.0601. The summed E-state index contributed by atoms with van der Waals surface area (Å²) < 4.78 is 40.9. The molecule has 1 heterocycles. The molecule has 0 amide bonds. The number of ether oxygens (including phenoxy) is 2. The van der Waals surface area contributed by atoms with Gasteiger partial charge in [-0.15, -0.1) is 11.8 Å². The molecule has 246 valence electrons. The van der Waals surface area contributed by atoms with Crippen molar-refractivity contribution in [2.45, 2.75) is 34.0 Å². The number of anilines is 1. The molecule has 5 aromatic carbocycles. The highest BCUT2D eigenvalue weighted by Gasteiger charge is 2.46. The van der Waals surface area contributed by atoms with E-state index in [4.69, 9.17) is 15.2 Å². The van der Waals surface area contributed by atoms with Gasteiger partial charge in [-0.3, -0.25) is 0 Å². The number of rotatable bonds is 12. The van der Waals surface area contributed by atoms with E-state index in [1.165, 1.54) is 29.6 Å². The third-order valence-electron chi connectivity index (χ3n) is 8.67. The molecule has 0 saturated carbocycles. The molecule has 2 N–H and O–H groups in total. The second kappa shape index (κ2) is 14.8. The molecule has 2 atom stereocenters. The Bertz CT molecular complexity index is 1830. The zero-order valence-electron chi connectivity index (χ0n) is 26.6. The average molecular weight is 679 g/mol. The SMILES string of the molecule is COC(=O)c1cc(S(=O)(=O)N2CC(SC(c3ccccc3)(c3ccccc3)c3ccccc3)CC2COCc2ccccc2)ccc1N. The van der Waals surface area contributed by atoms with Crippen molar-refractivity contribution >= 4 is 33.4 Å². The number of thioether (sulfide) groups is 1. The van der Waals surface area contributed by atoms with Crippen LogP contribution >= 0.6 is 11.8 Å². The smallest absolute Gasteiger partial charge is 0.339 e. The van der Waals surface area contributed by atoms with Crippen LogP contribution in [0.1, 0.15) is 39.0 Å². The predicted octanol–water partition coefficient (Wildman–Crippen LogP) is 7.13. The van der Waals surface area contributed by atoms with Crippen molar-refractivity contribution in [2.24, 2.45) is 0 Å². The number of nitrogen functional groups attached to an aromatic ring is 1. The number of nitrogens with two attached hydrogens (primary N) is 1. The van der Waals surface area contributed by atoms with Crippen LogP contribution in [0.25, 0.3) is 0 Å². The van der Waals surface area contributed by atoms with Crippen molar-refractivity contribution < 1.29 is 22.7 Å². The van der Waals surface area contributed by atoms with E-state index in [0.29, 0.717) is 13.0 Å². The summed E-state index contributed by atoms with van der Waals surface area (Å²) in [6.45, 7) is 0.816. The fourth-order valence-electron chi connectivity index (χ4n) is 6.35. The Morgan fingerprint density at radius 3 is 1.85 bits per heavy atom. The molecule has 7 nitrogen and oxygen atoms in total. The fourth-order valence-corrected chi connectivity index (χ4v) is 10.0. The van der Waals surface area contributed by atoms with Crippen LogP contribution in [0.5, 0.6) is 0 Å². The van der Waals surface area contributed by atoms with E-state index in [0.717, 1.165) is 22.3 Å². The lowest BCUT2D eigenvalue weighted by Gasteiger charge is -2.37. The van der Waals surface area contributed by atoms with Gasteiger partial charge < -0.3 is 15.2 Å². The highest BCUT2D eigenvalue weighted by molar-refractivity contribution is 8.01. The van der Waals surface area contributed by atoms with Gasteiger partial charge in [-0.25, -0.2) is 13.2 Å². The molecule has 0 bridgehead atoms. The first-order valence-corrected chi connectivity index (χ1v) is 18.1. The minimum Gasteiger partial charge on any atom is -0.465 e. The van der Waals surface area contributed by atoms with Gasteiger partial charge in [0.1, 0.15) is 0 Å². The van der Waals surface area contributed by atoms with Gasteiger partial charge in [-0.1, -0.05) is 121 Å². The van der Waals surface area contributed by atoms with E-state index in [-0.39, 0.29) is 34.5 Å². The molecule has 48 heavy (non-hydrogen) atoms. The Morgan fingerprint density at radius 1 is 0.812 bits per heavy atom. The van der Waals surface area contributed by atoms with E-state index in [1.54, 1.807) is 11.8 Å². The number of methoxy groups -OCH3 is 1. The van der Waals surface area contributed by atoms with Gasteiger partial charge in [0.15, 0.2) is 0 Å². The summed E-state index contributed by atoms with van der Waals surface area (Å²) in [6, 6.07) is 44.7.